The molecule has 1 aromatic heterocycles. The molecule has 0 nitrogen and oxygen atoms in total. The first-order chi connectivity index (χ1) is 4.31. The minimum Gasteiger partial charge on any atom is -0.152 e. The largest absolute Gasteiger partial charge is 0.152 e. The topological polar surface area (TPSA) is 0 Å². The molecule has 0 N–H and O–H groups in total. The second-order valence-electron chi connectivity index (χ2n) is 1.38. The molecule has 0 aliphatic heterocycles. The van der Waals surface area contributed by atoms with Gasteiger partial charge in [-0.3, -0.25) is 0 Å². The molecule has 0 saturated carbocycles. The summed E-state index contributed by atoms with van der Waals surface area (Å²) < 4.78 is 1.92. The van der Waals surface area contributed by atoms with Crippen LogP contribution in [0.3, 0.4) is 0 Å². The van der Waals surface area contributed by atoms with E-state index in [2.05, 4.69) is 48.2 Å². The maximum absolute atomic E-state index is 3.96. The van der Waals surface area contributed by atoms with Crippen molar-refractivity contribution in [2.45, 2.75) is 6.92 Å². The third kappa shape index (κ3) is 5.80. The zero-order valence-electron chi connectivity index (χ0n) is 4.96. The summed E-state index contributed by atoms with van der Waals surface area (Å²) in [5, 5.41) is 4.20. The highest BCUT2D eigenvalue weighted by atomic mass is 32.1. The van der Waals surface area contributed by atoms with Crippen molar-refractivity contribution in [2.75, 3.05) is 0 Å². The van der Waals surface area contributed by atoms with E-state index in [9.17, 15) is 0 Å². The van der Waals surface area contributed by atoms with Crippen LogP contribution in [0.2, 0.25) is 0 Å². The summed E-state index contributed by atoms with van der Waals surface area (Å²) >= 11 is 9.66. The van der Waals surface area contributed by atoms with Gasteiger partial charge in [0.05, 0.1) is 0 Å². The van der Waals surface area contributed by atoms with Gasteiger partial charge in [-0.2, -0.15) is 11.3 Å². The van der Waals surface area contributed by atoms with Crippen molar-refractivity contribution < 1.29 is 0 Å². The zero-order chi connectivity index (χ0) is 7.11. The van der Waals surface area contributed by atoms with Gasteiger partial charge in [0.1, 0.15) is 0 Å². The lowest BCUT2D eigenvalue weighted by atomic mass is 10.4. The molecule has 48 valence electrons. The Kier molecular flexibility index (Phi) is 5.99. The summed E-state index contributed by atoms with van der Waals surface area (Å²) in [5.74, 6) is 0. The SMILES string of the molecule is Cc1ccsc1.S=C=S. The number of aryl methyl sites for hydroxylation is 1. The van der Waals surface area contributed by atoms with Gasteiger partial charge in [-0.1, -0.05) is 0 Å². The van der Waals surface area contributed by atoms with Gasteiger partial charge in [-0.05, 0) is 53.7 Å². The summed E-state index contributed by atoms with van der Waals surface area (Å²) in [6.45, 7) is 2.09. The number of thiophene rings is 1. The normalized spacial score (nSPS) is 6.78. The minimum absolute atomic E-state index is 1.36. The van der Waals surface area contributed by atoms with Crippen LogP contribution >= 0.6 is 35.8 Å². The van der Waals surface area contributed by atoms with Crippen LogP contribution < -0.4 is 0 Å². The summed E-state index contributed by atoms with van der Waals surface area (Å²) in [4.78, 5) is 0. The van der Waals surface area contributed by atoms with Crippen molar-refractivity contribution in [1.82, 2.24) is 0 Å². The zero-order valence-corrected chi connectivity index (χ0v) is 7.41. The molecule has 0 saturated heterocycles. The predicted octanol–water partition coefficient (Wildman–Crippen LogP) is 3.07. The van der Waals surface area contributed by atoms with Crippen LogP contribution in [0.15, 0.2) is 16.8 Å². The van der Waals surface area contributed by atoms with Crippen molar-refractivity contribution in [3.05, 3.63) is 22.4 Å². The molecule has 0 spiro atoms. The second-order valence-corrected chi connectivity index (χ2v) is 2.83. The monoisotopic (exact) mass is 174 g/mol. The summed E-state index contributed by atoms with van der Waals surface area (Å²) in [6.07, 6.45) is 0. The summed E-state index contributed by atoms with van der Waals surface area (Å²) in [7, 11) is 0. The number of thiocarbonyl (C=S) groups is 2. The molecule has 0 radical (unpaired) electrons. The van der Waals surface area contributed by atoms with Crippen LogP contribution in [0.4, 0.5) is 0 Å². The maximum atomic E-state index is 3.96. The number of hydrogen-bond donors (Lipinski definition) is 0. The number of hydrogen-bond acceptors (Lipinski definition) is 3. The molecule has 0 atom stereocenters. The maximum Gasteiger partial charge on any atom is 0.0297 e. The molecule has 9 heavy (non-hydrogen) atoms. The molecule has 1 rings (SSSR count). The van der Waals surface area contributed by atoms with E-state index >= 15 is 0 Å². The molecule has 0 aliphatic rings. The van der Waals surface area contributed by atoms with E-state index < -0.39 is 0 Å². The van der Waals surface area contributed by atoms with Gasteiger partial charge in [0.25, 0.3) is 0 Å². The molecule has 0 aromatic carbocycles. The quantitative estimate of drug-likeness (QED) is 0.554. The third-order valence-electron chi connectivity index (χ3n) is 0.663. The van der Waals surface area contributed by atoms with E-state index in [0.29, 0.717) is 0 Å². The lowest BCUT2D eigenvalue weighted by Crippen LogP contribution is -1.47. The average Bonchev–Trinajstić information content (AvgIpc) is 2.20. The lowest BCUT2D eigenvalue weighted by molar-refractivity contribution is 1.56. The van der Waals surface area contributed by atoms with Gasteiger partial charge in [-0.25, -0.2) is 0 Å². The van der Waals surface area contributed by atoms with E-state index in [1.54, 1.807) is 11.3 Å². The fourth-order valence-electron chi connectivity index (χ4n) is 0.333. The van der Waals surface area contributed by atoms with E-state index in [0.717, 1.165) is 0 Å². The fraction of sp³-hybridized carbons (Fsp3) is 0.167. The van der Waals surface area contributed by atoms with Crippen LogP contribution in [0, 0.1) is 6.92 Å². The molecule has 0 fully saturated rings. The lowest BCUT2D eigenvalue weighted by Gasteiger charge is -1.65. The Labute approximate surface area is 69.5 Å². The van der Waals surface area contributed by atoms with Crippen molar-refractivity contribution in [3.8, 4) is 0 Å². The van der Waals surface area contributed by atoms with Gasteiger partial charge in [-0.15, -0.1) is 0 Å². The second kappa shape index (κ2) is 6.05. The van der Waals surface area contributed by atoms with Gasteiger partial charge in [0.2, 0.25) is 0 Å². The third-order valence-corrected chi connectivity index (χ3v) is 1.46. The highest BCUT2D eigenvalue weighted by Crippen LogP contribution is 2.01. The Morgan fingerprint density at radius 2 is 2.11 bits per heavy atom. The van der Waals surface area contributed by atoms with Gasteiger partial charge in [0.15, 0.2) is 0 Å². The first kappa shape index (κ1) is 8.92. The molecular formula is C6H6S3. The van der Waals surface area contributed by atoms with Crippen LogP contribution in [-0.4, -0.2) is 4.31 Å². The molecular weight excluding hydrogens is 168 g/mol. The fourth-order valence-corrected chi connectivity index (χ4v) is 0.998. The molecule has 0 amide bonds. The Morgan fingerprint density at radius 3 is 2.22 bits per heavy atom. The van der Waals surface area contributed by atoms with E-state index in [1.807, 2.05) is 4.31 Å². The van der Waals surface area contributed by atoms with Gasteiger partial charge < -0.3 is 0 Å². The van der Waals surface area contributed by atoms with Crippen molar-refractivity contribution in [2.24, 2.45) is 0 Å². The van der Waals surface area contributed by atoms with Crippen LogP contribution in [0.25, 0.3) is 0 Å². The Balaban J connectivity index is 0.000000187. The van der Waals surface area contributed by atoms with Crippen molar-refractivity contribution >= 4 is 40.1 Å². The smallest absolute Gasteiger partial charge is 0.0297 e. The van der Waals surface area contributed by atoms with Crippen molar-refractivity contribution in [3.63, 3.8) is 0 Å². The van der Waals surface area contributed by atoms with E-state index in [1.165, 1.54) is 5.56 Å². The highest BCUT2D eigenvalue weighted by Gasteiger charge is 1.74. The Morgan fingerprint density at radius 1 is 1.56 bits per heavy atom. The van der Waals surface area contributed by atoms with Crippen LogP contribution in [-0.2, 0) is 0 Å². The van der Waals surface area contributed by atoms with E-state index in [-0.39, 0.29) is 0 Å². The number of rotatable bonds is 0. The first-order valence-corrected chi connectivity index (χ1v) is 4.05. The molecule has 1 aromatic rings. The van der Waals surface area contributed by atoms with Crippen LogP contribution in [0.5, 0.6) is 0 Å². The predicted molar refractivity (Wildman–Crippen MR) is 49.2 cm³/mol. The van der Waals surface area contributed by atoms with Crippen LogP contribution in [0.1, 0.15) is 5.56 Å². The molecule has 1 heterocycles. The molecule has 0 aliphatic carbocycles. The molecule has 0 unspecified atom stereocenters. The first-order valence-electron chi connectivity index (χ1n) is 2.29. The Bertz CT molecular complexity index is 170. The average molecular weight is 174 g/mol. The van der Waals surface area contributed by atoms with Gasteiger partial charge >= 0.3 is 0 Å². The highest BCUT2D eigenvalue weighted by molar-refractivity contribution is 7.93. The minimum atomic E-state index is 1.36. The standard InChI is InChI=1S/C5H6S.CS2/c1-5-2-3-6-4-5;2-1-3/h2-4H,1H3;. The van der Waals surface area contributed by atoms with Gasteiger partial charge in [0, 0.05) is 4.31 Å². The Hall–Kier alpha value is -0.0800. The molecule has 3 heteroatoms. The summed E-state index contributed by atoms with van der Waals surface area (Å²) in [6, 6.07) is 2.10. The van der Waals surface area contributed by atoms with Crippen molar-refractivity contribution in [1.29, 1.82) is 0 Å². The van der Waals surface area contributed by atoms with E-state index in [4.69, 9.17) is 0 Å². The summed E-state index contributed by atoms with van der Waals surface area (Å²) in [5.41, 5.74) is 1.36. The molecule has 0 bridgehead atoms.